The highest BCUT2D eigenvalue weighted by atomic mass is 19.4. The third kappa shape index (κ3) is 8.99. The maximum absolute atomic E-state index is 14.5. The zero-order valence-corrected chi connectivity index (χ0v) is 29.9. The third-order valence-corrected chi connectivity index (χ3v) is 10.8. The Hall–Kier alpha value is -3.38. The number of benzene rings is 1. The van der Waals surface area contributed by atoms with Crippen LogP contribution in [0.1, 0.15) is 136 Å². The topological polar surface area (TPSA) is 91.6 Å². The van der Waals surface area contributed by atoms with Gasteiger partial charge in [0.15, 0.2) is 5.75 Å². The molecule has 3 aliphatic rings. The molecule has 1 aromatic carbocycles. The van der Waals surface area contributed by atoms with Crippen LogP contribution in [-0.2, 0) is 19.0 Å². The van der Waals surface area contributed by atoms with Gasteiger partial charge in [0.25, 0.3) is 0 Å². The van der Waals surface area contributed by atoms with Gasteiger partial charge in [0, 0.05) is 55.2 Å². The molecule has 1 saturated heterocycles. The summed E-state index contributed by atoms with van der Waals surface area (Å²) in [5.41, 5.74) is 3.06. The Bertz CT molecular complexity index is 1650. The SMILES string of the molecule is CC(C)(O)CCOc1cnc(N2CCC(c3nc4c(c(C5CCC(F)(F)CC5)c3Cc3ccc(C(F)(F)F)cc3)[C@@H](O)CC(C)(C)C4)CC2)nc1. The smallest absolute Gasteiger partial charge is 0.416 e. The van der Waals surface area contributed by atoms with E-state index >= 15 is 0 Å². The minimum atomic E-state index is -4.46. The zero-order valence-electron chi connectivity index (χ0n) is 29.9. The molecule has 3 aromatic rings. The first kappa shape index (κ1) is 37.4. The van der Waals surface area contributed by atoms with Gasteiger partial charge in [-0.25, -0.2) is 18.7 Å². The molecule has 1 saturated carbocycles. The van der Waals surface area contributed by atoms with E-state index < -0.39 is 29.4 Å². The Labute approximate surface area is 296 Å². The van der Waals surface area contributed by atoms with Gasteiger partial charge in [0.1, 0.15) is 0 Å². The van der Waals surface area contributed by atoms with E-state index in [0.29, 0.717) is 75.5 Å². The van der Waals surface area contributed by atoms with Crippen LogP contribution < -0.4 is 9.64 Å². The maximum atomic E-state index is 14.5. The van der Waals surface area contributed by atoms with Crippen molar-refractivity contribution in [2.24, 2.45) is 5.41 Å². The average Bonchev–Trinajstić information content (AvgIpc) is 3.04. The summed E-state index contributed by atoms with van der Waals surface area (Å²) in [7, 11) is 0. The van der Waals surface area contributed by atoms with Crippen molar-refractivity contribution in [1.29, 1.82) is 0 Å². The average molecular weight is 717 g/mol. The number of hydrogen-bond donors (Lipinski definition) is 2. The number of aliphatic hydroxyl groups excluding tert-OH is 1. The summed E-state index contributed by atoms with van der Waals surface area (Å²) >= 11 is 0. The highest BCUT2D eigenvalue weighted by molar-refractivity contribution is 5.50. The number of rotatable bonds is 9. The second-order valence-corrected chi connectivity index (χ2v) is 16.2. The lowest BCUT2D eigenvalue weighted by Gasteiger charge is -2.40. The Morgan fingerprint density at radius 1 is 0.922 bits per heavy atom. The summed E-state index contributed by atoms with van der Waals surface area (Å²) in [6, 6.07) is 5.15. The van der Waals surface area contributed by atoms with E-state index in [-0.39, 0.29) is 42.9 Å². The molecule has 2 aromatic heterocycles. The van der Waals surface area contributed by atoms with Gasteiger partial charge in [0.05, 0.1) is 36.3 Å². The van der Waals surface area contributed by atoms with Crippen LogP contribution >= 0.6 is 0 Å². The first-order chi connectivity index (χ1) is 23.9. The normalized spacial score (nSPS) is 21.4. The Balaban J connectivity index is 1.33. The monoisotopic (exact) mass is 716 g/mol. The molecule has 0 radical (unpaired) electrons. The van der Waals surface area contributed by atoms with Gasteiger partial charge in [-0.05, 0) is 98.9 Å². The van der Waals surface area contributed by atoms with Crippen LogP contribution in [0.5, 0.6) is 5.75 Å². The number of anilines is 1. The molecule has 12 heteroatoms. The van der Waals surface area contributed by atoms with Gasteiger partial charge in [-0.2, -0.15) is 13.2 Å². The van der Waals surface area contributed by atoms with E-state index in [4.69, 9.17) is 9.72 Å². The number of pyridine rings is 1. The summed E-state index contributed by atoms with van der Waals surface area (Å²) < 4.78 is 75.0. The molecular formula is C39H49F5N4O3. The highest BCUT2D eigenvalue weighted by Gasteiger charge is 2.42. The van der Waals surface area contributed by atoms with E-state index in [1.165, 1.54) is 12.1 Å². The molecule has 2 N–H and O–H groups in total. The molecule has 1 aliphatic heterocycles. The first-order valence-electron chi connectivity index (χ1n) is 18.1. The van der Waals surface area contributed by atoms with E-state index in [1.807, 2.05) is 0 Å². The number of halogens is 5. The number of piperidine rings is 1. The number of nitrogens with zero attached hydrogens (tertiary/aromatic N) is 4. The van der Waals surface area contributed by atoms with Crippen LogP contribution in [0.2, 0.25) is 0 Å². The number of hydrogen-bond acceptors (Lipinski definition) is 7. The lowest BCUT2D eigenvalue weighted by atomic mass is 9.68. The predicted octanol–water partition coefficient (Wildman–Crippen LogP) is 8.70. The summed E-state index contributed by atoms with van der Waals surface area (Å²) in [5.74, 6) is -1.86. The molecule has 278 valence electrons. The van der Waals surface area contributed by atoms with E-state index in [1.54, 1.807) is 26.2 Å². The summed E-state index contributed by atoms with van der Waals surface area (Å²) in [6.45, 7) is 9.25. The maximum Gasteiger partial charge on any atom is 0.416 e. The number of fused-ring (bicyclic) bond motifs is 1. The van der Waals surface area contributed by atoms with Crippen molar-refractivity contribution in [1.82, 2.24) is 15.0 Å². The fraction of sp³-hybridized carbons (Fsp3) is 0.615. The van der Waals surface area contributed by atoms with Crippen LogP contribution in [0.4, 0.5) is 27.9 Å². The van der Waals surface area contributed by atoms with Crippen molar-refractivity contribution >= 4 is 5.95 Å². The molecule has 51 heavy (non-hydrogen) atoms. The minimum Gasteiger partial charge on any atom is -0.490 e. The van der Waals surface area contributed by atoms with Crippen molar-refractivity contribution in [2.45, 2.75) is 128 Å². The summed E-state index contributed by atoms with van der Waals surface area (Å²) in [6.07, 6.45) is 1.37. The van der Waals surface area contributed by atoms with Gasteiger partial charge in [0.2, 0.25) is 11.9 Å². The van der Waals surface area contributed by atoms with Crippen LogP contribution in [0.3, 0.4) is 0 Å². The molecule has 0 amide bonds. The molecule has 7 nitrogen and oxygen atoms in total. The van der Waals surface area contributed by atoms with Crippen molar-refractivity contribution in [3.63, 3.8) is 0 Å². The lowest BCUT2D eigenvalue weighted by molar-refractivity contribution is -0.137. The minimum absolute atomic E-state index is 0.00593. The molecule has 1 atom stereocenters. The lowest BCUT2D eigenvalue weighted by Crippen LogP contribution is -2.36. The first-order valence-corrected chi connectivity index (χ1v) is 18.1. The molecule has 6 rings (SSSR count). The predicted molar refractivity (Wildman–Crippen MR) is 184 cm³/mol. The van der Waals surface area contributed by atoms with Gasteiger partial charge in [-0.1, -0.05) is 26.0 Å². The molecule has 2 fully saturated rings. The zero-order chi connectivity index (χ0) is 36.8. The number of ether oxygens (including phenoxy) is 1. The largest absolute Gasteiger partial charge is 0.490 e. The quantitative estimate of drug-likeness (QED) is 0.214. The number of alkyl halides is 5. The number of aromatic nitrogens is 3. The van der Waals surface area contributed by atoms with Crippen LogP contribution in [0, 0.1) is 5.41 Å². The fourth-order valence-electron chi connectivity index (χ4n) is 8.04. The Kier molecular flexibility index (Phi) is 10.4. The second kappa shape index (κ2) is 14.2. The Morgan fingerprint density at radius 3 is 2.14 bits per heavy atom. The van der Waals surface area contributed by atoms with E-state index in [9.17, 15) is 32.2 Å². The summed E-state index contributed by atoms with van der Waals surface area (Å²) in [4.78, 5) is 16.5. The number of aliphatic hydroxyl groups is 2. The van der Waals surface area contributed by atoms with E-state index in [0.717, 1.165) is 40.2 Å². The molecular weight excluding hydrogens is 667 g/mol. The van der Waals surface area contributed by atoms with Gasteiger partial charge in [-0.15, -0.1) is 0 Å². The summed E-state index contributed by atoms with van der Waals surface area (Å²) in [5, 5.41) is 21.6. The van der Waals surface area contributed by atoms with Crippen molar-refractivity contribution in [3.8, 4) is 5.75 Å². The van der Waals surface area contributed by atoms with Crippen molar-refractivity contribution < 1.29 is 36.9 Å². The third-order valence-electron chi connectivity index (χ3n) is 10.8. The van der Waals surface area contributed by atoms with Gasteiger partial charge in [-0.3, -0.25) is 4.98 Å². The molecule has 0 unspecified atom stereocenters. The fourth-order valence-corrected chi connectivity index (χ4v) is 8.04. The van der Waals surface area contributed by atoms with Gasteiger partial charge >= 0.3 is 6.18 Å². The van der Waals surface area contributed by atoms with Crippen molar-refractivity contribution in [3.05, 3.63) is 75.9 Å². The molecule has 3 heterocycles. The molecule has 0 bridgehead atoms. The highest BCUT2D eigenvalue weighted by Crippen LogP contribution is 2.50. The molecule has 0 spiro atoms. The van der Waals surface area contributed by atoms with Crippen LogP contribution in [0.25, 0.3) is 0 Å². The van der Waals surface area contributed by atoms with E-state index in [2.05, 4.69) is 28.7 Å². The Morgan fingerprint density at radius 2 is 1.55 bits per heavy atom. The van der Waals surface area contributed by atoms with Gasteiger partial charge < -0.3 is 19.8 Å². The van der Waals surface area contributed by atoms with Crippen LogP contribution in [0.15, 0.2) is 36.7 Å². The van der Waals surface area contributed by atoms with Crippen molar-refractivity contribution in [2.75, 3.05) is 24.6 Å². The van der Waals surface area contributed by atoms with Crippen LogP contribution in [-0.4, -0.2) is 56.4 Å². The molecule has 2 aliphatic carbocycles. The second-order valence-electron chi connectivity index (χ2n) is 16.2. The standard InChI is InChI=1S/C39H49F5N4O3/c1-36(2)20-30-33(31(49)21-36)32(25-9-13-38(40,41)14-10-25)29(19-24-5-7-27(8-6-24)39(42,43)44)34(47-30)26-11-16-48(17-12-26)35-45-22-28(23-46-35)51-18-15-37(3,4)50/h5-8,22-23,25-26,31,49-50H,9-21H2,1-4H3/t31-/m0/s1.